The molecule has 1 aliphatic carbocycles. The summed E-state index contributed by atoms with van der Waals surface area (Å²) in [6, 6.07) is 5.06. The first kappa shape index (κ1) is 17.1. The molecule has 2 N–H and O–H groups in total. The van der Waals surface area contributed by atoms with Crippen LogP contribution in [0.4, 0.5) is 5.69 Å². The van der Waals surface area contributed by atoms with Gasteiger partial charge in [-0.2, -0.15) is 0 Å². The minimum absolute atomic E-state index is 0.0692. The van der Waals surface area contributed by atoms with Crippen LogP contribution < -0.4 is 20.1 Å². The summed E-state index contributed by atoms with van der Waals surface area (Å²) in [6.45, 7) is 2.11. The van der Waals surface area contributed by atoms with E-state index >= 15 is 0 Å². The Bertz CT molecular complexity index is 574. The Labute approximate surface area is 136 Å². The van der Waals surface area contributed by atoms with Crippen molar-refractivity contribution in [1.82, 2.24) is 5.32 Å². The van der Waals surface area contributed by atoms with Crippen molar-refractivity contribution in [3.05, 3.63) is 18.2 Å². The van der Waals surface area contributed by atoms with Crippen molar-refractivity contribution in [2.24, 2.45) is 5.92 Å². The van der Waals surface area contributed by atoms with Gasteiger partial charge >= 0.3 is 11.8 Å². The fraction of sp³-hybridized carbons (Fsp3) is 0.529. The summed E-state index contributed by atoms with van der Waals surface area (Å²) >= 11 is 0. The van der Waals surface area contributed by atoms with Crippen molar-refractivity contribution in [3.63, 3.8) is 0 Å². The highest BCUT2D eigenvalue weighted by Crippen LogP contribution is 2.29. The van der Waals surface area contributed by atoms with Gasteiger partial charge in [-0.05, 0) is 30.9 Å². The number of amides is 2. The van der Waals surface area contributed by atoms with Gasteiger partial charge in [-0.25, -0.2) is 0 Å². The summed E-state index contributed by atoms with van der Waals surface area (Å²) in [5.41, 5.74) is 0.435. The molecule has 0 spiro atoms. The maximum atomic E-state index is 12.1. The van der Waals surface area contributed by atoms with E-state index in [0.717, 1.165) is 19.3 Å². The third-order valence-corrected chi connectivity index (χ3v) is 4.29. The molecule has 1 saturated carbocycles. The van der Waals surface area contributed by atoms with E-state index in [1.807, 2.05) is 0 Å². The molecule has 0 radical (unpaired) electrons. The van der Waals surface area contributed by atoms with Gasteiger partial charge in [0.05, 0.1) is 19.9 Å². The molecule has 0 saturated heterocycles. The second-order valence-electron chi connectivity index (χ2n) is 5.86. The van der Waals surface area contributed by atoms with Crippen LogP contribution in [0.25, 0.3) is 0 Å². The van der Waals surface area contributed by atoms with Crippen LogP contribution >= 0.6 is 0 Å². The van der Waals surface area contributed by atoms with Crippen LogP contribution in [-0.4, -0.2) is 32.1 Å². The molecule has 6 heteroatoms. The lowest BCUT2D eigenvalue weighted by atomic mass is 9.86. The molecule has 0 unspecified atom stereocenters. The van der Waals surface area contributed by atoms with Gasteiger partial charge < -0.3 is 20.1 Å². The summed E-state index contributed by atoms with van der Waals surface area (Å²) in [4.78, 5) is 24.2. The van der Waals surface area contributed by atoms with Crippen LogP contribution in [0.5, 0.6) is 11.5 Å². The zero-order valence-corrected chi connectivity index (χ0v) is 13.8. The Balaban J connectivity index is 1.99. The van der Waals surface area contributed by atoms with Crippen LogP contribution in [-0.2, 0) is 9.59 Å². The van der Waals surface area contributed by atoms with Gasteiger partial charge in [0.25, 0.3) is 0 Å². The lowest BCUT2D eigenvalue weighted by molar-refractivity contribution is -0.137. The summed E-state index contributed by atoms with van der Waals surface area (Å²) in [6.07, 6.45) is 4.27. The molecular formula is C17H24N2O4. The van der Waals surface area contributed by atoms with Crippen molar-refractivity contribution in [2.45, 2.75) is 38.6 Å². The van der Waals surface area contributed by atoms with Gasteiger partial charge in [0, 0.05) is 12.1 Å². The first-order valence-corrected chi connectivity index (χ1v) is 7.89. The highest BCUT2D eigenvalue weighted by atomic mass is 16.5. The topological polar surface area (TPSA) is 76.7 Å². The number of carbonyl (C=O) groups excluding carboxylic acids is 2. The van der Waals surface area contributed by atoms with Crippen LogP contribution in [0, 0.1) is 5.92 Å². The summed E-state index contributed by atoms with van der Waals surface area (Å²) in [5, 5.41) is 5.42. The maximum Gasteiger partial charge on any atom is 0.313 e. The van der Waals surface area contributed by atoms with E-state index < -0.39 is 11.8 Å². The van der Waals surface area contributed by atoms with Crippen molar-refractivity contribution in [3.8, 4) is 11.5 Å². The highest BCUT2D eigenvalue weighted by Gasteiger charge is 2.25. The van der Waals surface area contributed by atoms with Gasteiger partial charge in [-0.3, -0.25) is 9.59 Å². The fourth-order valence-corrected chi connectivity index (χ4v) is 2.85. The predicted molar refractivity (Wildman–Crippen MR) is 87.7 cm³/mol. The largest absolute Gasteiger partial charge is 0.497 e. The minimum Gasteiger partial charge on any atom is -0.497 e. The van der Waals surface area contributed by atoms with E-state index in [1.165, 1.54) is 13.5 Å². The molecule has 2 rings (SSSR count). The van der Waals surface area contributed by atoms with Crippen molar-refractivity contribution < 1.29 is 19.1 Å². The molecule has 1 aromatic rings. The number of hydrogen-bond acceptors (Lipinski definition) is 4. The van der Waals surface area contributed by atoms with Gasteiger partial charge in [0.1, 0.15) is 11.5 Å². The molecule has 1 aliphatic rings. The van der Waals surface area contributed by atoms with Gasteiger partial charge in [0.15, 0.2) is 0 Å². The van der Waals surface area contributed by atoms with E-state index in [4.69, 9.17) is 9.47 Å². The lowest BCUT2D eigenvalue weighted by Gasteiger charge is -2.29. The Hall–Kier alpha value is -2.24. The number of ether oxygens (including phenoxy) is 2. The molecule has 2 atom stereocenters. The fourth-order valence-electron chi connectivity index (χ4n) is 2.85. The maximum absolute atomic E-state index is 12.1. The zero-order chi connectivity index (χ0) is 16.8. The number of hydrogen-bond donors (Lipinski definition) is 2. The second kappa shape index (κ2) is 7.85. The Morgan fingerprint density at radius 2 is 1.83 bits per heavy atom. The molecule has 0 aromatic heterocycles. The van der Waals surface area contributed by atoms with Crippen LogP contribution in [0.3, 0.4) is 0 Å². The summed E-state index contributed by atoms with van der Waals surface area (Å²) in [7, 11) is 3.04. The average Bonchev–Trinajstić information content (AvgIpc) is 2.57. The summed E-state index contributed by atoms with van der Waals surface area (Å²) < 4.78 is 10.3. The minimum atomic E-state index is -0.689. The quantitative estimate of drug-likeness (QED) is 0.835. The Morgan fingerprint density at radius 3 is 2.48 bits per heavy atom. The number of rotatable bonds is 4. The summed E-state index contributed by atoms with van der Waals surface area (Å²) in [5.74, 6) is 0.153. The molecule has 6 nitrogen and oxygen atoms in total. The lowest BCUT2D eigenvalue weighted by Crippen LogP contribution is -2.45. The van der Waals surface area contributed by atoms with Crippen LogP contribution in [0.1, 0.15) is 32.6 Å². The number of carbonyl (C=O) groups is 2. The standard InChI is InChI=1S/C17H24N2O4/c1-11-6-4-5-7-13(11)18-16(20)17(21)19-14-9-8-12(22-2)10-15(14)23-3/h8-11,13H,4-7H2,1-3H3,(H,18,20)(H,19,21)/t11-,13-/m1/s1. The SMILES string of the molecule is COc1ccc(NC(=O)C(=O)N[C@@H]2CCCC[C@H]2C)c(OC)c1. The molecule has 126 valence electrons. The van der Waals surface area contributed by atoms with E-state index in [0.29, 0.717) is 23.1 Å². The van der Waals surface area contributed by atoms with E-state index in [9.17, 15) is 9.59 Å². The number of benzene rings is 1. The molecule has 23 heavy (non-hydrogen) atoms. The van der Waals surface area contributed by atoms with Crippen molar-refractivity contribution in [1.29, 1.82) is 0 Å². The number of methoxy groups -OCH3 is 2. The molecular weight excluding hydrogens is 296 g/mol. The normalized spacial score (nSPS) is 20.5. The van der Waals surface area contributed by atoms with Crippen molar-refractivity contribution >= 4 is 17.5 Å². The Morgan fingerprint density at radius 1 is 1.09 bits per heavy atom. The van der Waals surface area contributed by atoms with E-state index in [1.54, 1.807) is 25.3 Å². The Kier molecular flexibility index (Phi) is 5.84. The van der Waals surface area contributed by atoms with Gasteiger partial charge in [-0.1, -0.05) is 19.8 Å². The molecule has 2 amide bonds. The van der Waals surface area contributed by atoms with E-state index in [-0.39, 0.29) is 6.04 Å². The van der Waals surface area contributed by atoms with Crippen molar-refractivity contribution in [2.75, 3.05) is 19.5 Å². The average molecular weight is 320 g/mol. The number of nitrogens with one attached hydrogen (secondary N) is 2. The first-order chi connectivity index (χ1) is 11.0. The molecule has 1 aromatic carbocycles. The molecule has 0 bridgehead atoms. The van der Waals surface area contributed by atoms with E-state index in [2.05, 4.69) is 17.6 Å². The first-order valence-electron chi connectivity index (χ1n) is 7.89. The third-order valence-electron chi connectivity index (χ3n) is 4.29. The van der Waals surface area contributed by atoms with Crippen LogP contribution in [0.15, 0.2) is 18.2 Å². The zero-order valence-electron chi connectivity index (χ0n) is 13.8. The molecule has 1 fully saturated rings. The molecule has 0 heterocycles. The second-order valence-corrected chi connectivity index (χ2v) is 5.86. The monoisotopic (exact) mass is 320 g/mol. The van der Waals surface area contributed by atoms with Gasteiger partial charge in [0.2, 0.25) is 0 Å². The highest BCUT2D eigenvalue weighted by molar-refractivity contribution is 6.39. The van der Waals surface area contributed by atoms with Gasteiger partial charge in [-0.15, -0.1) is 0 Å². The predicted octanol–water partition coefficient (Wildman–Crippen LogP) is 2.34. The van der Waals surface area contributed by atoms with Crippen LogP contribution in [0.2, 0.25) is 0 Å². The molecule has 0 aliphatic heterocycles. The smallest absolute Gasteiger partial charge is 0.313 e. The third kappa shape index (κ3) is 4.37. The number of anilines is 1.